The SMILES string of the molecule is COC(=O)[C@H](c1ccc(C2COC(C)(C)O2)cc1)S(C)=O. The van der Waals surface area contributed by atoms with Crippen molar-refractivity contribution >= 4 is 16.8 Å². The molecular weight excluding hydrogens is 292 g/mol. The first-order chi connectivity index (χ1) is 9.84. The molecule has 0 N–H and O–H groups in total. The highest BCUT2D eigenvalue weighted by molar-refractivity contribution is 7.85. The average Bonchev–Trinajstić information content (AvgIpc) is 2.79. The molecule has 1 aliphatic heterocycles. The second kappa shape index (κ2) is 6.25. The smallest absolute Gasteiger partial charge is 0.325 e. The lowest BCUT2D eigenvalue weighted by Crippen LogP contribution is -2.20. The summed E-state index contributed by atoms with van der Waals surface area (Å²) in [6, 6.07) is 7.31. The molecule has 0 amide bonds. The maximum absolute atomic E-state index is 11.7. The minimum absolute atomic E-state index is 0.127. The van der Waals surface area contributed by atoms with E-state index in [2.05, 4.69) is 0 Å². The average molecular weight is 312 g/mol. The van der Waals surface area contributed by atoms with Crippen LogP contribution in [0.25, 0.3) is 0 Å². The highest BCUT2D eigenvalue weighted by atomic mass is 32.2. The molecule has 0 radical (unpaired) electrons. The zero-order valence-corrected chi connectivity index (χ0v) is 13.4. The van der Waals surface area contributed by atoms with Gasteiger partial charge in [-0.25, -0.2) is 0 Å². The first-order valence-corrected chi connectivity index (χ1v) is 8.28. The van der Waals surface area contributed by atoms with Gasteiger partial charge < -0.3 is 14.2 Å². The van der Waals surface area contributed by atoms with E-state index < -0.39 is 27.8 Å². The Morgan fingerprint density at radius 2 is 2.00 bits per heavy atom. The van der Waals surface area contributed by atoms with Crippen LogP contribution >= 0.6 is 0 Å². The molecule has 0 aliphatic carbocycles. The van der Waals surface area contributed by atoms with E-state index in [-0.39, 0.29) is 6.10 Å². The molecule has 3 atom stereocenters. The Hall–Kier alpha value is -1.24. The van der Waals surface area contributed by atoms with E-state index in [1.54, 1.807) is 12.1 Å². The molecule has 0 aromatic heterocycles. The number of carbonyl (C=O) groups excluding carboxylic acids is 1. The fourth-order valence-electron chi connectivity index (χ4n) is 2.31. The molecule has 1 saturated heterocycles. The van der Waals surface area contributed by atoms with Crippen LogP contribution in [0.4, 0.5) is 0 Å². The Bertz CT molecular complexity index is 537. The van der Waals surface area contributed by atoms with E-state index in [1.807, 2.05) is 26.0 Å². The van der Waals surface area contributed by atoms with Gasteiger partial charge in [-0.15, -0.1) is 0 Å². The van der Waals surface area contributed by atoms with E-state index >= 15 is 0 Å². The Morgan fingerprint density at radius 3 is 2.43 bits per heavy atom. The lowest BCUT2D eigenvalue weighted by molar-refractivity contribution is -0.140. The highest BCUT2D eigenvalue weighted by Crippen LogP contribution is 2.33. The van der Waals surface area contributed by atoms with Crippen molar-refractivity contribution in [2.45, 2.75) is 31.0 Å². The number of esters is 1. The van der Waals surface area contributed by atoms with E-state index in [1.165, 1.54) is 13.4 Å². The molecule has 1 aliphatic rings. The summed E-state index contributed by atoms with van der Waals surface area (Å²) in [6.07, 6.45) is 1.36. The summed E-state index contributed by atoms with van der Waals surface area (Å²) in [4.78, 5) is 11.7. The van der Waals surface area contributed by atoms with E-state index in [0.717, 1.165) is 5.56 Å². The fraction of sp³-hybridized carbons (Fsp3) is 0.533. The molecule has 6 heteroatoms. The summed E-state index contributed by atoms with van der Waals surface area (Å²) in [5.74, 6) is -1.08. The predicted molar refractivity (Wildman–Crippen MR) is 79.1 cm³/mol. The van der Waals surface area contributed by atoms with Crippen LogP contribution in [0.15, 0.2) is 24.3 Å². The molecule has 1 aromatic rings. The molecule has 1 fully saturated rings. The molecule has 21 heavy (non-hydrogen) atoms. The van der Waals surface area contributed by atoms with Crippen LogP contribution in [-0.4, -0.2) is 35.9 Å². The van der Waals surface area contributed by atoms with Crippen LogP contribution < -0.4 is 0 Å². The molecule has 0 bridgehead atoms. The van der Waals surface area contributed by atoms with Crippen LogP contribution in [-0.2, 0) is 29.8 Å². The van der Waals surface area contributed by atoms with Crippen molar-refractivity contribution in [3.05, 3.63) is 35.4 Å². The summed E-state index contributed by atoms with van der Waals surface area (Å²) in [6.45, 7) is 4.23. The van der Waals surface area contributed by atoms with Crippen LogP contribution in [0.3, 0.4) is 0 Å². The zero-order valence-electron chi connectivity index (χ0n) is 12.6. The van der Waals surface area contributed by atoms with Crippen molar-refractivity contribution < 1.29 is 23.2 Å². The van der Waals surface area contributed by atoms with Gasteiger partial charge in [0.1, 0.15) is 6.10 Å². The number of carbonyl (C=O) groups is 1. The van der Waals surface area contributed by atoms with Crippen molar-refractivity contribution in [1.29, 1.82) is 0 Å². The van der Waals surface area contributed by atoms with Gasteiger partial charge in [0.25, 0.3) is 0 Å². The zero-order chi connectivity index (χ0) is 15.6. The molecule has 2 unspecified atom stereocenters. The minimum Gasteiger partial charge on any atom is -0.468 e. The summed E-state index contributed by atoms with van der Waals surface area (Å²) >= 11 is 0. The maximum atomic E-state index is 11.7. The van der Waals surface area contributed by atoms with Gasteiger partial charge >= 0.3 is 5.97 Å². The van der Waals surface area contributed by atoms with Gasteiger partial charge in [-0.3, -0.25) is 9.00 Å². The van der Waals surface area contributed by atoms with Crippen molar-refractivity contribution in [2.24, 2.45) is 0 Å². The molecule has 0 spiro atoms. The summed E-state index contributed by atoms with van der Waals surface area (Å²) < 4.78 is 27.8. The first-order valence-electron chi connectivity index (χ1n) is 6.66. The molecule has 2 rings (SSSR count). The molecule has 1 heterocycles. The monoisotopic (exact) mass is 312 g/mol. The van der Waals surface area contributed by atoms with E-state index in [0.29, 0.717) is 12.2 Å². The number of benzene rings is 1. The lowest BCUT2D eigenvalue weighted by Gasteiger charge is -2.18. The third-order valence-electron chi connectivity index (χ3n) is 3.37. The van der Waals surface area contributed by atoms with Crippen LogP contribution in [0.5, 0.6) is 0 Å². The van der Waals surface area contributed by atoms with Gasteiger partial charge in [-0.1, -0.05) is 24.3 Å². The van der Waals surface area contributed by atoms with E-state index in [9.17, 15) is 9.00 Å². The number of ether oxygens (including phenoxy) is 3. The third-order valence-corrected chi connectivity index (χ3v) is 4.50. The lowest BCUT2D eigenvalue weighted by atomic mass is 10.1. The van der Waals surface area contributed by atoms with Gasteiger partial charge in [0.2, 0.25) is 0 Å². The maximum Gasteiger partial charge on any atom is 0.325 e. The topological polar surface area (TPSA) is 61.8 Å². The minimum atomic E-state index is -1.34. The molecular formula is C15H20O5S. The van der Waals surface area contributed by atoms with E-state index in [4.69, 9.17) is 14.2 Å². The second-order valence-corrected chi connectivity index (χ2v) is 6.85. The van der Waals surface area contributed by atoms with Gasteiger partial charge in [0, 0.05) is 17.1 Å². The van der Waals surface area contributed by atoms with Crippen molar-refractivity contribution in [3.63, 3.8) is 0 Å². The standard InChI is InChI=1S/C15H20O5S/c1-15(2)19-9-12(20-15)10-5-7-11(8-6-10)13(21(4)17)14(16)18-3/h5-8,12-13H,9H2,1-4H3/t12?,13-,21?/m0/s1. The number of hydrogen-bond donors (Lipinski definition) is 0. The van der Waals surface area contributed by atoms with Crippen LogP contribution in [0.2, 0.25) is 0 Å². The van der Waals surface area contributed by atoms with Crippen molar-refractivity contribution in [3.8, 4) is 0 Å². The van der Waals surface area contributed by atoms with Gasteiger partial charge in [0.05, 0.1) is 13.7 Å². The normalized spacial score (nSPS) is 23.5. The molecule has 1 aromatic carbocycles. The second-order valence-electron chi connectivity index (χ2n) is 5.39. The number of rotatable bonds is 4. The third kappa shape index (κ3) is 3.70. The number of methoxy groups -OCH3 is 1. The summed E-state index contributed by atoms with van der Waals surface area (Å²) in [7, 11) is -0.0418. The summed E-state index contributed by atoms with van der Waals surface area (Å²) in [5, 5.41) is -0.763. The quantitative estimate of drug-likeness (QED) is 0.797. The number of hydrogen-bond acceptors (Lipinski definition) is 5. The van der Waals surface area contributed by atoms with Crippen molar-refractivity contribution in [1.82, 2.24) is 0 Å². The highest BCUT2D eigenvalue weighted by Gasteiger charge is 2.33. The Balaban J connectivity index is 2.18. The van der Waals surface area contributed by atoms with Crippen LogP contribution in [0.1, 0.15) is 36.3 Å². The van der Waals surface area contributed by atoms with Gasteiger partial charge in [0.15, 0.2) is 11.0 Å². The molecule has 5 nitrogen and oxygen atoms in total. The van der Waals surface area contributed by atoms with Gasteiger partial charge in [-0.05, 0) is 25.0 Å². The van der Waals surface area contributed by atoms with Crippen molar-refractivity contribution in [2.75, 3.05) is 20.0 Å². The van der Waals surface area contributed by atoms with Gasteiger partial charge in [-0.2, -0.15) is 0 Å². The largest absolute Gasteiger partial charge is 0.468 e. The Labute approximate surface area is 127 Å². The Morgan fingerprint density at radius 1 is 1.38 bits per heavy atom. The fourth-order valence-corrected chi connectivity index (χ4v) is 3.21. The Kier molecular flexibility index (Phi) is 4.81. The molecule has 0 saturated carbocycles. The molecule has 116 valence electrons. The predicted octanol–water partition coefficient (Wildman–Crippen LogP) is 2.10. The first kappa shape index (κ1) is 16.1. The summed E-state index contributed by atoms with van der Waals surface area (Å²) in [5.41, 5.74) is 1.64. The van der Waals surface area contributed by atoms with Crippen LogP contribution in [0, 0.1) is 0 Å².